The van der Waals surface area contributed by atoms with Gasteiger partial charge in [-0.25, -0.2) is 9.67 Å². The number of hydrogen-bond donors (Lipinski definition) is 0. The van der Waals surface area contributed by atoms with Crippen molar-refractivity contribution in [3.05, 3.63) is 66.0 Å². The first-order valence-electron chi connectivity index (χ1n) is 9.22. The first-order valence-corrected chi connectivity index (χ1v) is 9.22. The van der Waals surface area contributed by atoms with Gasteiger partial charge in [0.2, 0.25) is 5.91 Å². The van der Waals surface area contributed by atoms with Crippen LogP contribution in [0.25, 0.3) is 16.7 Å². The van der Waals surface area contributed by atoms with Crippen molar-refractivity contribution in [1.29, 1.82) is 0 Å². The van der Waals surface area contributed by atoms with Gasteiger partial charge < -0.3 is 4.90 Å². The van der Waals surface area contributed by atoms with E-state index in [9.17, 15) is 18.0 Å². The number of hydrogen-bond acceptors (Lipinski definition) is 3. The molecule has 1 atom stereocenters. The largest absolute Gasteiger partial charge is 0.416 e. The number of carbonyl (C=O) groups is 1. The monoisotopic (exact) mass is 400 g/mol. The summed E-state index contributed by atoms with van der Waals surface area (Å²) in [5.41, 5.74) is 2.13. The van der Waals surface area contributed by atoms with Crippen molar-refractivity contribution in [2.75, 3.05) is 13.1 Å². The number of halogens is 3. The SMILES string of the molecule is C=CC(=O)N1CCC(c2nn(-c3ccc(C(F)(F)F)cc3)c3ncc(C)cc23)C1. The number of rotatable bonds is 3. The van der Waals surface area contributed by atoms with Crippen molar-refractivity contribution in [2.24, 2.45) is 0 Å². The molecule has 2 aromatic heterocycles. The van der Waals surface area contributed by atoms with Gasteiger partial charge in [0.25, 0.3) is 0 Å². The van der Waals surface area contributed by atoms with Crippen molar-refractivity contribution in [2.45, 2.75) is 25.4 Å². The topological polar surface area (TPSA) is 51.0 Å². The number of amides is 1. The molecule has 1 fully saturated rings. The van der Waals surface area contributed by atoms with E-state index in [0.717, 1.165) is 35.2 Å². The van der Waals surface area contributed by atoms with Crippen molar-refractivity contribution < 1.29 is 18.0 Å². The number of nitrogens with zero attached hydrogens (tertiary/aromatic N) is 4. The summed E-state index contributed by atoms with van der Waals surface area (Å²) in [5, 5.41) is 5.55. The summed E-state index contributed by atoms with van der Waals surface area (Å²) in [7, 11) is 0. The molecule has 150 valence electrons. The lowest BCUT2D eigenvalue weighted by molar-refractivity contribution is -0.137. The highest BCUT2D eigenvalue weighted by Crippen LogP contribution is 2.34. The van der Waals surface area contributed by atoms with Crippen LogP contribution >= 0.6 is 0 Å². The molecule has 0 radical (unpaired) electrons. The van der Waals surface area contributed by atoms with Crippen LogP contribution < -0.4 is 0 Å². The minimum atomic E-state index is -4.39. The molecule has 0 saturated carbocycles. The van der Waals surface area contributed by atoms with Gasteiger partial charge >= 0.3 is 6.18 Å². The fourth-order valence-electron chi connectivity index (χ4n) is 3.71. The van der Waals surface area contributed by atoms with Crippen LogP contribution in [0.2, 0.25) is 0 Å². The molecule has 0 N–H and O–H groups in total. The predicted molar refractivity (Wildman–Crippen MR) is 103 cm³/mol. The number of benzene rings is 1. The van der Waals surface area contributed by atoms with Crippen LogP contribution in [0.1, 0.15) is 29.2 Å². The number of aryl methyl sites for hydroxylation is 1. The molecule has 0 bridgehead atoms. The molecule has 3 heterocycles. The zero-order valence-electron chi connectivity index (χ0n) is 15.8. The Hall–Kier alpha value is -3.16. The fraction of sp³-hybridized carbons (Fsp3) is 0.286. The summed E-state index contributed by atoms with van der Waals surface area (Å²) < 4.78 is 40.2. The highest BCUT2D eigenvalue weighted by Gasteiger charge is 2.32. The van der Waals surface area contributed by atoms with Crippen LogP contribution in [0.3, 0.4) is 0 Å². The first-order chi connectivity index (χ1) is 13.8. The Morgan fingerprint density at radius 1 is 1.28 bits per heavy atom. The van der Waals surface area contributed by atoms with E-state index >= 15 is 0 Å². The standard InChI is InChI=1S/C21H19F3N4O/c1-3-18(29)27-9-8-14(12-27)19-17-10-13(2)11-25-20(17)28(26-19)16-6-4-15(5-7-16)21(22,23)24/h3-7,10-11,14H,1,8-9,12H2,2H3. The lowest BCUT2D eigenvalue weighted by Crippen LogP contribution is -2.26. The van der Waals surface area contributed by atoms with Gasteiger partial charge in [-0.3, -0.25) is 4.79 Å². The Labute approximate surface area is 165 Å². The van der Waals surface area contributed by atoms with Crippen molar-refractivity contribution >= 4 is 16.9 Å². The van der Waals surface area contributed by atoms with E-state index in [0.29, 0.717) is 24.4 Å². The molecule has 1 aromatic carbocycles. The molecule has 29 heavy (non-hydrogen) atoms. The Bertz CT molecular complexity index is 1090. The summed E-state index contributed by atoms with van der Waals surface area (Å²) in [5.74, 6) is -0.0889. The first kappa shape index (κ1) is 19.2. The number of alkyl halides is 3. The van der Waals surface area contributed by atoms with Gasteiger partial charge in [0.1, 0.15) is 0 Å². The van der Waals surface area contributed by atoms with Crippen LogP contribution in [-0.2, 0) is 11.0 Å². The predicted octanol–water partition coefficient (Wildman–Crippen LogP) is 4.25. The Kier molecular flexibility index (Phi) is 4.64. The van der Waals surface area contributed by atoms with Crippen molar-refractivity contribution in [1.82, 2.24) is 19.7 Å². The third-order valence-corrected chi connectivity index (χ3v) is 5.19. The van der Waals surface area contributed by atoms with E-state index in [1.54, 1.807) is 15.8 Å². The Balaban J connectivity index is 1.77. The number of likely N-dealkylation sites (tertiary alicyclic amines) is 1. The number of aromatic nitrogens is 3. The average molecular weight is 400 g/mol. The van der Waals surface area contributed by atoms with E-state index in [-0.39, 0.29) is 11.8 Å². The van der Waals surface area contributed by atoms with E-state index in [1.807, 2.05) is 13.0 Å². The quantitative estimate of drug-likeness (QED) is 0.618. The zero-order chi connectivity index (χ0) is 20.8. The molecule has 8 heteroatoms. The zero-order valence-corrected chi connectivity index (χ0v) is 15.8. The normalized spacial score (nSPS) is 17.1. The maximum Gasteiger partial charge on any atom is 0.416 e. The molecule has 1 aliphatic rings. The molecule has 0 aliphatic carbocycles. The molecular weight excluding hydrogens is 381 g/mol. The lowest BCUT2D eigenvalue weighted by atomic mass is 10.0. The highest BCUT2D eigenvalue weighted by molar-refractivity contribution is 5.87. The molecular formula is C21H19F3N4O. The average Bonchev–Trinajstić information content (AvgIpc) is 3.31. The molecule has 3 aromatic rings. The summed E-state index contributed by atoms with van der Waals surface area (Å²) in [6.45, 7) is 6.60. The molecule has 0 spiro atoms. The highest BCUT2D eigenvalue weighted by atomic mass is 19.4. The molecule has 5 nitrogen and oxygen atoms in total. The van der Waals surface area contributed by atoms with Gasteiger partial charge in [-0.2, -0.15) is 18.3 Å². The van der Waals surface area contributed by atoms with Gasteiger partial charge in [0, 0.05) is 30.6 Å². The second-order valence-corrected chi connectivity index (χ2v) is 7.20. The second-order valence-electron chi connectivity index (χ2n) is 7.20. The van der Waals surface area contributed by atoms with Gasteiger partial charge in [-0.15, -0.1) is 0 Å². The third-order valence-electron chi connectivity index (χ3n) is 5.19. The molecule has 1 unspecified atom stereocenters. The summed E-state index contributed by atoms with van der Waals surface area (Å²) in [4.78, 5) is 18.1. The smallest absolute Gasteiger partial charge is 0.338 e. The number of fused-ring (bicyclic) bond motifs is 1. The second kappa shape index (κ2) is 7.02. The number of carbonyl (C=O) groups excluding carboxylic acids is 1. The molecule has 4 rings (SSSR count). The van der Waals surface area contributed by atoms with Crippen molar-refractivity contribution in [3.8, 4) is 5.69 Å². The van der Waals surface area contributed by atoms with Gasteiger partial charge in [-0.1, -0.05) is 6.58 Å². The Morgan fingerprint density at radius 3 is 2.66 bits per heavy atom. The molecule has 1 aliphatic heterocycles. The maximum absolute atomic E-state index is 12.9. The van der Waals surface area contributed by atoms with Crippen LogP contribution in [0.15, 0.2) is 49.2 Å². The summed E-state index contributed by atoms with van der Waals surface area (Å²) >= 11 is 0. The summed E-state index contributed by atoms with van der Waals surface area (Å²) in [6, 6.07) is 6.84. The maximum atomic E-state index is 12.9. The van der Waals surface area contributed by atoms with Crippen molar-refractivity contribution in [3.63, 3.8) is 0 Å². The van der Waals surface area contributed by atoms with E-state index in [1.165, 1.54) is 18.2 Å². The van der Waals surface area contributed by atoms with E-state index in [2.05, 4.69) is 11.6 Å². The minimum Gasteiger partial charge on any atom is -0.338 e. The molecule has 1 saturated heterocycles. The summed E-state index contributed by atoms with van der Waals surface area (Å²) in [6.07, 6.45) is -0.632. The fourth-order valence-corrected chi connectivity index (χ4v) is 3.71. The van der Waals surface area contributed by atoms with Crippen LogP contribution in [-0.4, -0.2) is 38.7 Å². The third kappa shape index (κ3) is 3.50. The van der Waals surface area contributed by atoms with Crippen LogP contribution in [0.5, 0.6) is 0 Å². The van der Waals surface area contributed by atoms with Crippen LogP contribution in [0.4, 0.5) is 13.2 Å². The van der Waals surface area contributed by atoms with E-state index in [4.69, 9.17) is 5.10 Å². The van der Waals surface area contributed by atoms with Crippen LogP contribution in [0, 0.1) is 6.92 Å². The Morgan fingerprint density at radius 2 is 2.00 bits per heavy atom. The van der Waals surface area contributed by atoms with Gasteiger partial charge in [0.15, 0.2) is 5.65 Å². The van der Waals surface area contributed by atoms with Gasteiger partial charge in [-0.05, 0) is 55.3 Å². The minimum absolute atomic E-state index is 0.0284. The molecule has 1 amide bonds. The van der Waals surface area contributed by atoms with Gasteiger partial charge in [0.05, 0.1) is 16.9 Å². The van der Waals surface area contributed by atoms with E-state index < -0.39 is 11.7 Å². The number of pyridine rings is 1. The lowest BCUT2D eigenvalue weighted by Gasteiger charge is -2.13.